The summed E-state index contributed by atoms with van der Waals surface area (Å²) in [5.74, 6) is -0.0870. The molecular weight excluding hydrogens is 240 g/mol. The average Bonchev–Trinajstić information content (AvgIpc) is 2.27. The standard InChI is InChI=1S/C11H18N2O3S/c1-8-4-5-10(12)11(9(8)2)13-17(14,15)7-6-16-3/h4-5,13H,6-7,12H2,1-3H3. The van der Waals surface area contributed by atoms with Gasteiger partial charge in [-0.3, -0.25) is 4.72 Å². The van der Waals surface area contributed by atoms with Gasteiger partial charge in [0.1, 0.15) is 0 Å². The maximum atomic E-state index is 11.7. The van der Waals surface area contributed by atoms with E-state index < -0.39 is 10.0 Å². The Morgan fingerprint density at radius 1 is 1.35 bits per heavy atom. The van der Waals surface area contributed by atoms with Crippen LogP contribution in [0.4, 0.5) is 11.4 Å². The summed E-state index contributed by atoms with van der Waals surface area (Å²) in [5.41, 5.74) is 8.48. The highest BCUT2D eigenvalue weighted by molar-refractivity contribution is 7.92. The van der Waals surface area contributed by atoms with Gasteiger partial charge in [0.2, 0.25) is 10.0 Å². The molecule has 0 bridgehead atoms. The van der Waals surface area contributed by atoms with Crippen molar-refractivity contribution in [1.82, 2.24) is 0 Å². The van der Waals surface area contributed by atoms with Gasteiger partial charge in [0.05, 0.1) is 23.7 Å². The fourth-order valence-electron chi connectivity index (χ4n) is 1.37. The van der Waals surface area contributed by atoms with E-state index in [9.17, 15) is 8.42 Å². The fourth-order valence-corrected chi connectivity index (χ4v) is 2.44. The van der Waals surface area contributed by atoms with Crippen LogP contribution in [0.15, 0.2) is 12.1 Å². The van der Waals surface area contributed by atoms with Gasteiger partial charge in [-0.05, 0) is 31.0 Å². The smallest absolute Gasteiger partial charge is 0.235 e. The third-order valence-corrected chi connectivity index (χ3v) is 3.80. The molecule has 0 aliphatic heterocycles. The molecule has 0 aliphatic rings. The molecule has 0 saturated carbocycles. The molecule has 1 rings (SSSR count). The first kappa shape index (κ1) is 13.8. The van der Waals surface area contributed by atoms with Crippen LogP contribution in [0, 0.1) is 13.8 Å². The second-order valence-electron chi connectivity index (χ2n) is 3.89. The minimum atomic E-state index is -3.41. The fraction of sp³-hybridized carbons (Fsp3) is 0.455. The summed E-state index contributed by atoms with van der Waals surface area (Å²) in [5, 5.41) is 0. The number of hydrogen-bond donors (Lipinski definition) is 2. The molecule has 1 aromatic rings. The summed E-state index contributed by atoms with van der Waals surface area (Å²) < 4.78 is 30.7. The second-order valence-corrected chi connectivity index (χ2v) is 5.73. The van der Waals surface area contributed by atoms with Crippen molar-refractivity contribution >= 4 is 21.4 Å². The van der Waals surface area contributed by atoms with Gasteiger partial charge in [0.25, 0.3) is 0 Å². The van der Waals surface area contributed by atoms with Gasteiger partial charge >= 0.3 is 0 Å². The number of nitrogens with one attached hydrogen (secondary N) is 1. The number of sulfonamides is 1. The average molecular weight is 258 g/mol. The van der Waals surface area contributed by atoms with E-state index in [0.717, 1.165) is 11.1 Å². The Morgan fingerprint density at radius 3 is 2.59 bits per heavy atom. The highest BCUT2D eigenvalue weighted by Crippen LogP contribution is 2.26. The van der Waals surface area contributed by atoms with Crippen molar-refractivity contribution in [2.24, 2.45) is 0 Å². The van der Waals surface area contributed by atoms with Crippen molar-refractivity contribution in [2.75, 3.05) is 29.9 Å². The molecule has 3 N–H and O–H groups in total. The maximum Gasteiger partial charge on any atom is 0.235 e. The lowest BCUT2D eigenvalue weighted by Crippen LogP contribution is -2.21. The molecule has 0 saturated heterocycles. The lowest BCUT2D eigenvalue weighted by Gasteiger charge is -2.14. The molecule has 96 valence electrons. The van der Waals surface area contributed by atoms with E-state index in [-0.39, 0.29) is 12.4 Å². The van der Waals surface area contributed by atoms with Crippen LogP contribution in [0.3, 0.4) is 0 Å². The third kappa shape index (κ3) is 3.61. The number of nitrogens with two attached hydrogens (primary N) is 1. The largest absolute Gasteiger partial charge is 0.397 e. The number of hydrogen-bond acceptors (Lipinski definition) is 4. The highest BCUT2D eigenvalue weighted by atomic mass is 32.2. The molecule has 6 heteroatoms. The SMILES string of the molecule is COCCS(=O)(=O)Nc1c(N)ccc(C)c1C. The van der Waals surface area contributed by atoms with E-state index in [1.54, 1.807) is 6.07 Å². The molecule has 0 atom stereocenters. The van der Waals surface area contributed by atoms with Crippen LogP contribution in [0.25, 0.3) is 0 Å². The molecule has 0 aromatic heterocycles. The second kappa shape index (κ2) is 5.37. The van der Waals surface area contributed by atoms with Crippen molar-refractivity contribution < 1.29 is 13.2 Å². The molecular formula is C11H18N2O3S. The zero-order chi connectivity index (χ0) is 13.1. The van der Waals surface area contributed by atoms with Gasteiger partial charge in [-0.2, -0.15) is 0 Å². The molecule has 0 spiro atoms. The molecule has 17 heavy (non-hydrogen) atoms. The number of ether oxygens (including phenoxy) is 1. The summed E-state index contributed by atoms with van der Waals surface area (Å²) >= 11 is 0. The summed E-state index contributed by atoms with van der Waals surface area (Å²) in [6.45, 7) is 3.89. The van der Waals surface area contributed by atoms with Crippen molar-refractivity contribution in [2.45, 2.75) is 13.8 Å². The van der Waals surface area contributed by atoms with Gasteiger partial charge in [0.15, 0.2) is 0 Å². The Kier molecular flexibility index (Phi) is 4.36. The monoisotopic (exact) mass is 258 g/mol. The van der Waals surface area contributed by atoms with Crippen LogP contribution >= 0.6 is 0 Å². The van der Waals surface area contributed by atoms with Crippen molar-refractivity contribution in [1.29, 1.82) is 0 Å². The number of benzene rings is 1. The summed E-state index contributed by atoms with van der Waals surface area (Å²) in [6.07, 6.45) is 0. The van der Waals surface area contributed by atoms with E-state index >= 15 is 0 Å². The van der Waals surface area contributed by atoms with Gasteiger partial charge < -0.3 is 10.5 Å². The molecule has 0 aliphatic carbocycles. The number of methoxy groups -OCH3 is 1. The normalized spacial score (nSPS) is 11.5. The quantitative estimate of drug-likeness (QED) is 0.779. The minimum Gasteiger partial charge on any atom is -0.397 e. The summed E-state index contributed by atoms with van der Waals surface area (Å²) in [6, 6.07) is 3.55. The van der Waals surface area contributed by atoms with Gasteiger partial charge in [0, 0.05) is 7.11 Å². The van der Waals surface area contributed by atoms with E-state index in [2.05, 4.69) is 4.72 Å². The van der Waals surface area contributed by atoms with Gasteiger partial charge in [-0.1, -0.05) is 6.07 Å². The number of aryl methyl sites for hydroxylation is 1. The topological polar surface area (TPSA) is 81.4 Å². The molecule has 0 amide bonds. The van der Waals surface area contributed by atoms with Crippen LogP contribution in [0.5, 0.6) is 0 Å². The zero-order valence-electron chi connectivity index (χ0n) is 10.3. The number of nitrogen functional groups attached to an aromatic ring is 1. The first-order chi connectivity index (χ1) is 7.87. The number of rotatable bonds is 5. The molecule has 0 fully saturated rings. The van der Waals surface area contributed by atoms with Crippen LogP contribution in [0.2, 0.25) is 0 Å². The zero-order valence-corrected chi connectivity index (χ0v) is 11.1. The van der Waals surface area contributed by atoms with E-state index in [1.807, 2.05) is 19.9 Å². The van der Waals surface area contributed by atoms with Gasteiger partial charge in [-0.25, -0.2) is 8.42 Å². The lowest BCUT2D eigenvalue weighted by atomic mass is 10.1. The molecule has 0 radical (unpaired) electrons. The van der Waals surface area contributed by atoms with Crippen LogP contribution in [-0.4, -0.2) is 27.9 Å². The first-order valence-corrected chi connectivity index (χ1v) is 6.87. The van der Waals surface area contributed by atoms with Crippen LogP contribution < -0.4 is 10.5 Å². The molecule has 0 heterocycles. The highest BCUT2D eigenvalue weighted by Gasteiger charge is 2.14. The summed E-state index contributed by atoms with van der Waals surface area (Å²) in [4.78, 5) is 0. The van der Waals surface area contributed by atoms with E-state index in [4.69, 9.17) is 10.5 Å². The van der Waals surface area contributed by atoms with Crippen molar-refractivity contribution in [3.63, 3.8) is 0 Å². The Hall–Kier alpha value is -1.27. The van der Waals surface area contributed by atoms with Crippen LogP contribution in [-0.2, 0) is 14.8 Å². The summed E-state index contributed by atoms with van der Waals surface area (Å²) in [7, 11) is -1.95. The predicted octanol–water partition coefficient (Wildman–Crippen LogP) is 1.27. The molecule has 5 nitrogen and oxygen atoms in total. The van der Waals surface area contributed by atoms with Crippen LogP contribution in [0.1, 0.15) is 11.1 Å². The van der Waals surface area contributed by atoms with Gasteiger partial charge in [-0.15, -0.1) is 0 Å². The third-order valence-electron chi connectivity index (χ3n) is 2.58. The minimum absolute atomic E-state index is 0.0870. The Morgan fingerprint density at radius 2 is 2.00 bits per heavy atom. The molecule has 0 unspecified atom stereocenters. The molecule has 1 aromatic carbocycles. The van der Waals surface area contributed by atoms with Crippen molar-refractivity contribution in [3.8, 4) is 0 Å². The van der Waals surface area contributed by atoms with Crippen molar-refractivity contribution in [3.05, 3.63) is 23.3 Å². The first-order valence-electron chi connectivity index (χ1n) is 5.22. The Balaban J connectivity index is 2.99. The number of anilines is 2. The van der Waals surface area contributed by atoms with E-state index in [0.29, 0.717) is 11.4 Å². The lowest BCUT2D eigenvalue weighted by molar-refractivity contribution is 0.217. The van der Waals surface area contributed by atoms with E-state index in [1.165, 1.54) is 7.11 Å². The predicted molar refractivity (Wildman–Crippen MR) is 69.6 cm³/mol. The maximum absolute atomic E-state index is 11.7. The Labute approximate surface area is 102 Å². The Bertz CT molecular complexity index is 498.